The summed E-state index contributed by atoms with van der Waals surface area (Å²) in [6.07, 6.45) is 3.97. The number of hydrogen-bond acceptors (Lipinski definition) is 2. The van der Waals surface area contributed by atoms with Gasteiger partial charge >= 0.3 is 0 Å². The summed E-state index contributed by atoms with van der Waals surface area (Å²) in [5.41, 5.74) is -0.225. The third-order valence-corrected chi connectivity index (χ3v) is 2.92. The molecule has 2 rings (SSSR count). The van der Waals surface area contributed by atoms with E-state index in [2.05, 4.69) is 5.32 Å². The Morgan fingerprint density at radius 1 is 1.55 bits per heavy atom. The number of amides is 1. The Morgan fingerprint density at radius 2 is 2.36 bits per heavy atom. The normalized spacial score (nSPS) is 43.4. The molecule has 11 heavy (non-hydrogen) atoms. The molecule has 0 aromatic rings. The summed E-state index contributed by atoms with van der Waals surface area (Å²) in [4.78, 5) is 10.9. The summed E-state index contributed by atoms with van der Waals surface area (Å²) in [6.45, 7) is 0. The van der Waals surface area contributed by atoms with Gasteiger partial charge in [0.2, 0.25) is 5.91 Å². The highest BCUT2D eigenvalue weighted by Gasteiger charge is 2.46. The molecule has 0 unspecified atom stereocenters. The lowest BCUT2D eigenvalue weighted by atomic mass is 9.93. The molecule has 0 bridgehead atoms. The van der Waals surface area contributed by atoms with Crippen LogP contribution in [0, 0.1) is 0 Å². The number of nitrogens with one attached hydrogen (secondary N) is 1. The van der Waals surface area contributed by atoms with Crippen LogP contribution in [0.2, 0.25) is 0 Å². The summed E-state index contributed by atoms with van der Waals surface area (Å²) in [7, 11) is 0. The largest absolute Gasteiger partial charge is 0.391 e. The minimum Gasteiger partial charge on any atom is -0.391 e. The number of aliphatic hydroxyl groups excluding tert-OH is 1. The van der Waals surface area contributed by atoms with E-state index >= 15 is 0 Å². The van der Waals surface area contributed by atoms with Crippen LogP contribution in [0.25, 0.3) is 0 Å². The highest BCUT2D eigenvalue weighted by Crippen LogP contribution is 2.36. The number of rotatable bonds is 0. The van der Waals surface area contributed by atoms with Crippen LogP contribution in [-0.4, -0.2) is 22.7 Å². The fraction of sp³-hybridized carbons (Fsp3) is 0.875. The molecule has 62 valence electrons. The third kappa shape index (κ3) is 0.948. The smallest absolute Gasteiger partial charge is 0.220 e. The molecule has 2 aliphatic rings. The van der Waals surface area contributed by atoms with Crippen molar-refractivity contribution in [3.8, 4) is 0 Å². The fourth-order valence-corrected chi connectivity index (χ4v) is 2.23. The van der Waals surface area contributed by atoms with Gasteiger partial charge in [-0.25, -0.2) is 0 Å². The Kier molecular flexibility index (Phi) is 1.42. The monoisotopic (exact) mass is 155 g/mol. The zero-order chi connectivity index (χ0) is 7.90. The number of carbonyl (C=O) groups is 1. The molecule has 0 radical (unpaired) electrons. The van der Waals surface area contributed by atoms with Crippen LogP contribution in [0.3, 0.4) is 0 Å². The van der Waals surface area contributed by atoms with Crippen molar-refractivity contribution in [3.63, 3.8) is 0 Å². The van der Waals surface area contributed by atoms with Crippen LogP contribution in [-0.2, 0) is 4.79 Å². The van der Waals surface area contributed by atoms with Crippen LogP contribution >= 0.6 is 0 Å². The molecular formula is C8H13NO2. The molecule has 2 N–H and O–H groups in total. The molecule has 2 atom stereocenters. The predicted molar refractivity (Wildman–Crippen MR) is 40.0 cm³/mol. The second kappa shape index (κ2) is 2.21. The Bertz CT molecular complexity index is 193. The summed E-state index contributed by atoms with van der Waals surface area (Å²) < 4.78 is 0. The molecule has 1 aliphatic heterocycles. The molecule has 1 heterocycles. The first kappa shape index (κ1) is 7.10. The maximum Gasteiger partial charge on any atom is 0.220 e. The molecule has 1 spiro atoms. The molecule has 2 fully saturated rings. The van der Waals surface area contributed by atoms with E-state index < -0.39 is 0 Å². The van der Waals surface area contributed by atoms with Gasteiger partial charge in [0.1, 0.15) is 0 Å². The maximum absolute atomic E-state index is 10.9. The second-order valence-corrected chi connectivity index (χ2v) is 3.61. The van der Waals surface area contributed by atoms with Crippen molar-refractivity contribution in [1.82, 2.24) is 5.32 Å². The van der Waals surface area contributed by atoms with E-state index in [0.717, 1.165) is 25.7 Å². The van der Waals surface area contributed by atoms with Crippen molar-refractivity contribution in [1.29, 1.82) is 0 Å². The molecule has 1 saturated heterocycles. The molecule has 3 nitrogen and oxygen atoms in total. The second-order valence-electron chi connectivity index (χ2n) is 3.61. The molecule has 1 amide bonds. The number of hydrogen-bond donors (Lipinski definition) is 2. The zero-order valence-corrected chi connectivity index (χ0v) is 6.47. The lowest BCUT2D eigenvalue weighted by Gasteiger charge is -2.26. The lowest BCUT2D eigenvalue weighted by Crippen LogP contribution is -2.47. The fourth-order valence-electron chi connectivity index (χ4n) is 2.23. The van der Waals surface area contributed by atoms with Crippen molar-refractivity contribution in [2.24, 2.45) is 0 Å². The van der Waals surface area contributed by atoms with E-state index in [0.29, 0.717) is 6.42 Å². The van der Waals surface area contributed by atoms with E-state index in [1.54, 1.807) is 0 Å². The Labute approximate surface area is 65.8 Å². The van der Waals surface area contributed by atoms with Crippen molar-refractivity contribution in [2.75, 3.05) is 0 Å². The zero-order valence-electron chi connectivity index (χ0n) is 6.47. The van der Waals surface area contributed by atoms with Crippen molar-refractivity contribution >= 4 is 5.91 Å². The Morgan fingerprint density at radius 3 is 2.82 bits per heavy atom. The van der Waals surface area contributed by atoms with E-state index in [-0.39, 0.29) is 17.6 Å². The average molecular weight is 155 g/mol. The van der Waals surface area contributed by atoms with E-state index in [1.807, 2.05) is 0 Å². The van der Waals surface area contributed by atoms with Gasteiger partial charge in [0, 0.05) is 6.42 Å². The van der Waals surface area contributed by atoms with Crippen LogP contribution in [0.1, 0.15) is 32.1 Å². The van der Waals surface area contributed by atoms with Gasteiger partial charge in [0.15, 0.2) is 0 Å². The highest BCUT2D eigenvalue weighted by molar-refractivity contribution is 5.79. The highest BCUT2D eigenvalue weighted by atomic mass is 16.3. The number of carbonyl (C=O) groups excluding carboxylic acids is 1. The Balaban J connectivity index is 2.16. The third-order valence-electron chi connectivity index (χ3n) is 2.92. The molecule has 3 heteroatoms. The summed E-state index contributed by atoms with van der Waals surface area (Å²) in [5.74, 6) is 0.103. The standard InChI is InChI=1S/C8H13NO2/c10-6-2-1-4-8(6)5-3-7(11)9-8/h6,10H,1-5H2,(H,9,11)/t6-,8+/m1/s1. The first-order chi connectivity index (χ1) is 5.23. The van der Waals surface area contributed by atoms with Gasteiger partial charge in [0.05, 0.1) is 11.6 Å². The van der Waals surface area contributed by atoms with Gasteiger partial charge in [-0.15, -0.1) is 0 Å². The Hall–Kier alpha value is -0.570. The maximum atomic E-state index is 10.9. The van der Waals surface area contributed by atoms with Crippen molar-refractivity contribution in [3.05, 3.63) is 0 Å². The van der Waals surface area contributed by atoms with E-state index in [4.69, 9.17) is 0 Å². The molecular weight excluding hydrogens is 142 g/mol. The average Bonchev–Trinajstić information content (AvgIpc) is 2.46. The van der Waals surface area contributed by atoms with Crippen LogP contribution in [0.5, 0.6) is 0 Å². The first-order valence-electron chi connectivity index (χ1n) is 4.22. The molecule has 1 saturated carbocycles. The van der Waals surface area contributed by atoms with Crippen LogP contribution < -0.4 is 5.32 Å². The topological polar surface area (TPSA) is 49.3 Å². The summed E-state index contributed by atoms with van der Waals surface area (Å²) in [5, 5.41) is 12.5. The molecule has 0 aromatic heterocycles. The number of aliphatic hydroxyl groups is 1. The van der Waals surface area contributed by atoms with Crippen molar-refractivity contribution < 1.29 is 9.90 Å². The first-order valence-corrected chi connectivity index (χ1v) is 4.22. The predicted octanol–water partition coefficient (Wildman–Crippen LogP) is 0.180. The van der Waals surface area contributed by atoms with Gasteiger partial charge in [-0.3, -0.25) is 4.79 Å². The van der Waals surface area contributed by atoms with Gasteiger partial charge in [-0.1, -0.05) is 0 Å². The van der Waals surface area contributed by atoms with Gasteiger partial charge < -0.3 is 10.4 Å². The summed E-state index contributed by atoms with van der Waals surface area (Å²) in [6, 6.07) is 0. The van der Waals surface area contributed by atoms with Crippen molar-refractivity contribution in [2.45, 2.75) is 43.7 Å². The van der Waals surface area contributed by atoms with Gasteiger partial charge in [-0.2, -0.15) is 0 Å². The quantitative estimate of drug-likeness (QED) is 0.524. The minimum atomic E-state index is -0.297. The van der Waals surface area contributed by atoms with Gasteiger partial charge in [0.25, 0.3) is 0 Å². The van der Waals surface area contributed by atoms with Crippen LogP contribution in [0.4, 0.5) is 0 Å². The molecule has 1 aliphatic carbocycles. The minimum absolute atomic E-state index is 0.103. The summed E-state index contributed by atoms with van der Waals surface area (Å²) >= 11 is 0. The lowest BCUT2D eigenvalue weighted by molar-refractivity contribution is -0.120. The van der Waals surface area contributed by atoms with Crippen LogP contribution in [0.15, 0.2) is 0 Å². The van der Waals surface area contributed by atoms with E-state index in [1.165, 1.54) is 0 Å². The SMILES string of the molecule is O=C1CC[C@]2(CCC[C@H]2O)N1. The molecule has 0 aromatic carbocycles. The van der Waals surface area contributed by atoms with E-state index in [9.17, 15) is 9.90 Å². The van der Waals surface area contributed by atoms with Gasteiger partial charge in [-0.05, 0) is 25.7 Å².